The van der Waals surface area contributed by atoms with Gasteiger partial charge in [0.05, 0.1) is 18.1 Å². The van der Waals surface area contributed by atoms with E-state index >= 15 is 4.39 Å². The number of amides is 1. The van der Waals surface area contributed by atoms with Crippen molar-refractivity contribution in [2.45, 2.75) is 70.9 Å². The maximum absolute atomic E-state index is 17.2. The fourth-order valence-corrected chi connectivity index (χ4v) is 8.35. The highest BCUT2D eigenvalue weighted by Gasteiger charge is 2.70. The van der Waals surface area contributed by atoms with E-state index in [0.717, 1.165) is 0 Å². The van der Waals surface area contributed by atoms with E-state index in [0.29, 0.717) is 42.4 Å². The van der Waals surface area contributed by atoms with E-state index in [1.54, 1.807) is 37.3 Å². The number of rotatable bonds is 10. The van der Waals surface area contributed by atoms with E-state index < -0.39 is 65.0 Å². The molecule has 244 valence electrons. The van der Waals surface area contributed by atoms with Crippen LogP contribution in [0.5, 0.6) is 0 Å². The van der Waals surface area contributed by atoms with Crippen molar-refractivity contribution in [2.24, 2.45) is 28.6 Å². The number of alkyl carbamates (subject to hydrolysis) is 1. The van der Waals surface area contributed by atoms with E-state index in [2.05, 4.69) is 10.2 Å². The van der Waals surface area contributed by atoms with Crippen molar-refractivity contribution >= 4 is 23.6 Å². The molecule has 3 unspecified atom stereocenters. The summed E-state index contributed by atoms with van der Waals surface area (Å²) in [5.41, 5.74) is -1.99. The summed E-state index contributed by atoms with van der Waals surface area (Å²) in [5.74, 6) is -2.49. The largest absolute Gasteiger partial charge is 0.459 e. The first kappa shape index (κ1) is 32.9. The number of hydrogen-bond acceptors (Lipinski definition) is 11. The zero-order valence-corrected chi connectivity index (χ0v) is 25.2. The van der Waals surface area contributed by atoms with Crippen molar-refractivity contribution in [1.82, 2.24) is 10.7 Å². The minimum atomic E-state index is -1.97. The van der Waals surface area contributed by atoms with Crippen molar-refractivity contribution < 1.29 is 53.4 Å². The Morgan fingerprint density at radius 3 is 2.47 bits per heavy atom. The van der Waals surface area contributed by atoms with Crippen molar-refractivity contribution in [3.63, 3.8) is 0 Å². The molecule has 45 heavy (non-hydrogen) atoms. The molecule has 0 radical (unpaired) electrons. The molecule has 1 amide bonds. The van der Waals surface area contributed by atoms with Gasteiger partial charge >= 0.3 is 12.1 Å². The van der Waals surface area contributed by atoms with E-state index in [9.17, 15) is 24.3 Å². The number of aliphatic hydroxyl groups is 1. The van der Waals surface area contributed by atoms with Gasteiger partial charge in [-0.05, 0) is 73.6 Å². The highest BCUT2D eigenvalue weighted by molar-refractivity contribution is 6.01. The standard InChI is InChI=1S/C32H39FN2O10/c1-30-14-27(38)32(33)24(8-7-21-13-22(36)11-12-31(21,32)2)23(30)9-10-25(30)26(37)18-44-29(40)34-15-28(39)43-16-19-5-3-4-6-20(19)17-45-35(41)42/h3-6,11-13,23-25,27,38,41-42H,7-10,14-18H2,1-2H3,(H,34,40)/t23?,24-,25?,27-,30-,31-,32?/m0/s1. The minimum Gasteiger partial charge on any atom is -0.459 e. The molecular formula is C32H39FN2O10. The average Bonchev–Trinajstić information content (AvgIpc) is 3.34. The summed E-state index contributed by atoms with van der Waals surface area (Å²) in [6.07, 6.45) is 4.28. The number of fused-ring (bicyclic) bond motifs is 5. The van der Waals surface area contributed by atoms with Gasteiger partial charge in [0.25, 0.3) is 0 Å². The predicted octanol–water partition coefficient (Wildman–Crippen LogP) is 3.52. The van der Waals surface area contributed by atoms with Gasteiger partial charge in [0.2, 0.25) is 0 Å². The third kappa shape index (κ3) is 6.07. The number of alkyl halides is 1. The number of carbonyl (C=O) groups is 4. The molecule has 5 rings (SSSR count). The molecule has 1 aromatic carbocycles. The lowest BCUT2D eigenvalue weighted by atomic mass is 9.45. The van der Waals surface area contributed by atoms with Crippen LogP contribution in [-0.2, 0) is 41.9 Å². The van der Waals surface area contributed by atoms with Crippen LogP contribution >= 0.6 is 0 Å². The molecule has 4 aliphatic carbocycles. The Hall–Kier alpha value is -3.49. The Morgan fingerprint density at radius 1 is 1.04 bits per heavy atom. The number of Topliss-reactive ketones (excluding diaryl/α,β-unsaturated/α-hetero) is 1. The van der Waals surface area contributed by atoms with Crippen LogP contribution in [0.15, 0.2) is 48.1 Å². The molecule has 0 aliphatic heterocycles. The van der Waals surface area contributed by atoms with Crippen LogP contribution in [0.25, 0.3) is 0 Å². The van der Waals surface area contributed by atoms with Crippen LogP contribution in [-0.4, -0.2) is 69.5 Å². The average molecular weight is 631 g/mol. The molecule has 4 N–H and O–H groups in total. The van der Waals surface area contributed by atoms with Crippen LogP contribution in [0.2, 0.25) is 0 Å². The van der Waals surface area contributed by atoms with E-state index in [1.165, 1.54) is 12.2 Å². The van der Waals surface area contributed by atoms with Crippen LogP contribution in [0.3, 0.4) is 0 Å². The number of hydrogen-bond donors (Lipinski definition) is 4. The van der Waals surface area contributed by atoms with Crippen LogP contribution in [0, 0.1) is 28.6 Å². The maximum atomic E-state index is 17.2. The molecule has 3 saturated carbocycles. The van der Waals surface area contributed by atoms with Crippen LogP contribution in [0.1, 0.15) is 57.1 Å². The summed E-state index contributed by atoms with van der Waals surface area (Å²) < 4.78 is 27.4. The molecule has 0 heterocycles. The van der Waals surface area contributed by atoms with E-state index in [4.69, 9.17) is 19.9 Å². The second-order valence-electron chi connectivity index (χ2n) is 12.8. The number of nitrogens with zero attached hydrogens (tertiary/aromatic N) is 1. The Kier molecular flexibility index (Phi) is 9.30. The van der Waals surface area contributed by atoms with Gasteiger partial charge in [0, 0.05) is 17.3 Å². The van der Waals surface area contributed by atoms with Crippen molar-refractivity contribution in [1.29, 1.82) is 0 Å². The van der Waals surface area contributed by atoms with Crippen molar-refractivity contribution in [3.05, 3.63) is 59.2 Å². The number of esters is 1. The monoisotopic (exact) mass is 630 g/mol. The lowest BCUT2D eigenvalue weighted by Gasteiger charge is -2.62. The van der Waals surface area contributed by atoms with Gasteiger partial charge in [0.15, 0.2) is 23.8 Å². The maximum Gasteiger partial charge on any atom is 0.408 e. The number of nitrogens with one attached hydrogen (secondary N) is 1. The zero-order chi connectivity index (χ0) is 32.6. The molecular weight excluding hydrogens is 591 g/mol. The first-order valence-corrected chi connectivity index (χ1v) is 15.1. The van der Waals surface area contributed by atoms with Gasteiger partial charge in [0.1, 0.15) is 13.2 Å². The third-order valence-corrected chi connectivity index (χ3v) is 10.6. The Balaban J connectivity index is 1.13. The lowest BCUT2D eigenvalue weighted by Crippen LogP contribution is -2.66. The molecule has 0 saturated heterocycles. The summed E-state index contributed by atoms with van der Waals surface area (Å²) in [7, 11) is 0. The molecule has 0 aromatic heterocycles. The lowest BCUT2D eigenvalue weighted by molar-refractivity contribution is -0.497. The van der Waals surface area contributed by atoms with Gasteiger partial charge in [-0.15, -0.1) is 0 Å². The van der Waals surface area contributed by atoms with Gasteiger partial charge in [-0.25, -0.2) is 14.0 Å². The fourth-order valence-electron chi connectivity index (χ4n) is 8.35. The van der Waals surface area contributed by atoms with Gasteiger partial charge < -0.3 is 19.9 Å². The number of ether oxygens (including phenoxy) is 2. The fraction of sp³-hybridized carbons (Fsp3) is 0.562. The highest BCUT2D eigenvalue weighted by Crippen LogP contribution is 2.68. The van der Waals surface area contributed by atoms with E-state index in [-0.39, 0.29) is 37.1 Å². The SMILES string of the molecule is C[C@]12C[C@H](O)C3(F)[C@@H](CCC4=CC(=O)C=C[C@@]43C)C1CCC2C(=O)COC(=O)NCC(=O)OCc1ccccc1CON(O)O. The molecule has 1 aromatic rings. The summed E-state index contributed by atoms with van der Waals surface area (Å²) in [6, 6.07) is 6.70. The number of ketones is 2. The summed E-state index contributed by atoms with van der Waals surface area (Å²) in [6.45, 7) is 2.25. The summed E-state index contributed by atoms with van der Waals surface area (Å²) in [4.78, 5) is 54.4. The number of halogens is 1. The Labute approximate surface area is 259 Å². The quantitative estimate of drug-likeness (QED) is 0.220. The zero-order valence-electron chi connectivity index (χ0n) is 25.2. The molecule has 12 nitrogen and oxygen atoms in total. The molecule has 0 spiro atoms. The number of benzene rings is 1. The van der Waals surface area contributed by atoms with Crippen LogP contribution in [0.4, 0.5) is 9.18 Å². The second-order valence-corrected chi connectivity index (χ2v) is 12.8. The predicted molar refractivity (Wildman–Crippen MR) is 153 cm³/mol. The molecule has 7 atom stereocenters. The van der Waals surface area contributed by atoms with Gasteiger partial charge in [-0.1, -0.05) is 42.8 Å². The smallest absolute Gasteiger partial charge is 0.408 e. The Bertz CT molecular complexity index is 1410. The number of aliphatic hydroxyl groups excluding tert-OH is 1. The highest BCUT2D eigenvalue weighted by atomic mass is 19.1. The summed E-state index contributed by atoms with van der Waals surface area (Å²) >= 11 is 0. The van der Waals surface area contributed by atoms with Gasteiger partial charge in [-0.2, -0.15) is 0 Å². The number of carbonyl (C=O) groups excluding carboxylic acids is 4. The van der Waals surface area contributed by atoms with E-state index in [1.807, 2.05) is 6.92 Å². The number of allylic oxidation sites excluding steroid dienone is 4. The minimum absolute atomic E-state index is 0.0667. The molecule has 3 fully saturated rings. The topological polar surface area (TPSA) is 172 Å². The first-order chi connectivity index (χ1) is 21.3. The molecule has 0 bridgehead atoms. The molecule has 4 aliphatic rings. The first-order valence-electron chi connectivity index (χ1n) is 15.1. The van der Waals surface area contributed by atoms with Crippen molar-refractivity contribution in [2.75, 3.05) is 13.2 Å². The normalized spacial score (nSPS) is 33.5. The van der Waals surface area contributed by atoms with Crippen molar-refractivity contribution in [3.8, 4) is 0 Å². The van der Waals surface area contributed by atoms with Gasteiger partial charge in [-0.3, -0.25) is 24.8 Å². The summed E-state index contributed by atoms with van der Waals surface area (Å²) in [5, 5.41) is 30.7. The Morgan fingerprint density at radius 2 is 1.76 bits per heavy atom. The molecule has 13 heteroatoms. The van der Waals surface area contributed by atoms with Crippen LogP contribution < -0.4 is 5.32 Å². The second kappa shape index (κ2) is 12.7. The third-order valence-electron chi connectivity index (χ3n) is 10.6.